The van der Waals surface area contributed by atoms with Crippen LogP contribution in [0.4, 0.5) is 0 Å². The lowest BCUT2D eigenvalue weighted by Crippen LogP contribution is -2.52. The van der Waals surface area contributed by atoms with E-state index in [0.29, 0.717) is 31.6 Å². The van der Waals surface area contributed by atoms with E-state index in [1.165, 1.54) is 0 Å². The molecule has 0 bridgehead atoms. The number of nitrogens with zero attached hydrogens (tertiary/aromatic N) is 2. The van der Waals surface area contributed by atoms with Crippen molar-refractivity contribution < 1.29 is 19.1 Å². The number of rotatable bonds is 5. The summed E-state index contributed by atoms with van der Waals surface area (Å²) < 4.78 is 5.48. The van der Waals surface area contributed by atoms with E-state index in [4.69, 9.17) is 10.5 Å². The molecule has 0 spiro atoms. The largest absolute Gasteiger partial charge is 0.380 e. The van der Waals surface area contributed by atoms with Crippen LogP contribution in [0.15, 0.2) is 18.2 Å². The lowest BCUT2D eigenvalue weighted by atomic mass is 10.0. The second kappa shape index (κ2) is 7.62. The predicted molar refractivity (Wildman–Crippen MR) is 101 cm³/mol. The van der Waals surface area contributed by atoms with Crippen LogP contribution in [0.2, 0.25) is 0 Å². The van der Waals surface area contributed by atoms with Crippen molar-refractivity contribution in [2.45, 2.75) is 50.5 Å². The van der Waals surface area contributed by atoms with Gasteiger partial charge < -0.3 is 15.4 Å². The normalized spacial score (nSPS) is 28.0. The van der Waals surface area contributed by atoms with E-state index in [0.717, 1.165) is 24.1 Å². The van der Waals surface area contributed by atoms with Gasteiger partial charge in [-0.2, -0.15) is 0 Å². The third kappa shape index (κ3) is 3.43. The topological polar surface area (TPSA) is 105 Å². The first-order chi connectivity index (χ1) is 13.5. The zero-order valence-electron chi connectivity index (χ0n) is 16.0. The monoisotopic (exact) mass is 386 g/mol. The van der Waals surface area contributed by atoms with Crippen molar-refractivity contribution in [1.82, 2.24) is 15.1 Å². The molecule has 3 amide bonds. The highest BCUT2D eigenvalue weighted by atomic mass is 16.5. The fourth-order valence-electron chi connectivity index (χ4n) is 4.48. The molecule has 3 aliphatic rings. The number of fused-ring (bicyclic) bond motifs is 1. The van der Waals surface area contributed by atoms with Gasteiger partial charge in [0, 0.05) is 51.3 Å². The molecule has 1 aromatic carbocycles. The van der Waals surface area contributed by atoms with Crippen LogP contribution in [0.25, 0.3) is 0 Å². The smallest absolute Gasteiger partial charge is 0.255 e. The number of benzene rings is 1. The molecule has 3 heterocycles. The molecule has 4 rings (SSSR count). The van der Waals surface area contributed by atoms with E-state index in [-0.39, 0.29) is 36.3 Å². The van der Waals surface area contributed by atoms with E-state index in [2.05, 4.69) is 10.2 Å². The first-order valence-corrected chi connectivity index (χ1v) is 9.73. The van der Waals surface area contributed by atoms with Crippen molar-refractivity contribution in [3.63, 3.8) is 0 Å². The molecule has 3 aliphatic heterocycles. The summed E-state index contributed by atoms with van der Waals surface area (Å²) in [5.41, 5.74) is 8.53. The van der Waals surface area contributed by atoms with Gasteiger partial charge >= 0.3 is 0 Å². The van der Waals surface area contributed by atoms with Gasteiger partial charge in [0.15, 0.2) is 0 Å². The van der Waals surface area contributed by atoms with Crippen molar-refractivity contribution >= 4 is 17.7 Å². The minimum Gasteiger partial charge on any atom is -0.380 e. The Morgan fingerprint density at radius 3 is 2.82 bits per heavy atom. The number of nitrogens with one attached hydrogen (secondary N) is 1. The molecule has 28 heavy (non-hydrogen) atoms. The van der Waals surface area contributed by atoms with Gasteiger partial charge in [0.25, 0.3) is 5.91 Å². The Hall–Kier alpha value is -2.29. The maximum Gasteiger partial charge on any atom is 0.255 e. The lowest BCUT2D eigenvalue weighted by molar-refractivity contribution is -0.136. The van der Waals surface area contributed by atoms with E-state index >= 15 is 0 Å². The first kappa shape index (κ1) is 19.0. The van der Waals surface area contributed by atoms with Gasteiger partial charge in [0.2, 0.25) is 11.8 Å². The van der Waals surface area contributed by atoms with Crippen LogP contribution in [0.1, 0.15) is 40.7 Å². The molecule has 2 saturated heterocycles. The number of hydrogen-bond donors (Lipinski definition) is 2. The number of methoxy groups -OCH3 is 1. The molecule has 2 fully saturated rings. The van der Waals surface area contributed by atoms with Crippen LogP contribution in [-0.4, -0.2) is 65.9 Å². The molecule has 3 atom stereocenters. The van der Waals surface area contributed by atoms with Crippen molar-refractivity contribution in [2.24, 2.45) is 5.73 Å². The Balaban J connectivity index is 1.49. The summed E-state index contributed by atoms with van der Waals surface area (Å²) in [6.45, 7) is 2.52. The number of likely N-dealkylation sites (tertiary alicyclic amines) is 1. The SMILES string of the molecule is CO[C@@H]1C[C@@H](CN)N(Cc2ccc3c(c2)C(=O)N(C2CCC(=O)NC2=O)C3)C1. The molecule has 3 N–H and O–H groups in total. The van der Waals surface area contributed by atoms with Gasteiger partial charge in [-0.15, -0.1) is 0 Å². The predicted octanol–water partition coefficient (Wildman–Crippen LogP) is -0.00440. The highest BCUT2D eigenvalue weighted by molar-refractivity contribution is 6.05. The Labute approximate surface area is 164 Å². The van der Waals surface area contributed by atoms with Crippen molar-refractivity contribution in [2.75, 3.05) is 20.2 Å². The van der Waals surface area contributed by atoms with Crippen LogP contribution in [0.5, 0.6) is 0 Å². The zero-order chi connectivity index (χ0) is 19.8. The molecule has 0 aromatic heterocycles. The van der Waals surface area contributed by atoms with E-state index < -0.39 is 6.04 Å². The van der Waals surface area contributed by atoms with Gasteiger partial charge in [-0.3, -0.25) is 24.6 Å². The second-order valence-electron chi connectivity index (χ2n) is 7.80. The van der Waals surface area contributed by atoms with Crippen molar-refractivity contribution in [3.05, 3.63) is 34.9 Å². The summed E-state index contributed by atoms with van der Waals surface area (Å²) in [6, 6.07) is 5.62. The molecule has 8 nitrogen and oxygen atoms in total. The Morgan fingerprint density at radius 1 is 1.29 bits per heavy atom. The average molecular weight is 386 g/mol. The number of piperidine rings is 1. The molecule has 0 saturated carbocycles. The minimum absolute atomic E-state index is 0.141. The summed E-state index contributed by atoms with van der Waals surface area (Å²) in [6.07, 6.45) is 1.74. The summed E-state index contributed by atoms with van der Waals surface area (Å²) in [4.78, 5) is 40.4. The Bertz CT molecular complexity index is 811. The number of carbonyl (C=O) groups is 3. The minimum atomic E-state index is -0.580. The third-order valence-corrected chi connectivity index (χ3v) is 6.07. The van der Waals surface area contributed by atoms with Gasteiger partial charge in [0.1, 0.15) is 6.04 Å². The second-order valence-corrected chi connectivity index (χ2v) is 7.80. The standard InChI is InChI=1S/C20H26N4O4/c1-28-15-7-14(8-21)23(11-15)9-12-2-3-13-10-24(20(27)16(13)6-12)17-4-5-18(25)22-19(17)26/h2-3,6,14-15,17H,4-5,7-11,21H2,1H3,(H,22,25,26)/t14-,15+,17?/m0/s1. The highest BCUT2D eigenvalue weighted by Gasteiger charge is 2.39. The summed E-state index contributed by atoms with van der Waals surface area (Å²) >= 11 is 0. The van der Waals surface area contributed by atoms with Gasteiger partial charge in [0.05, 0.1) is 6.10 Å². The summed E-state index contributed by atoms with van der Waals surface area (Å²) in [5.74, 6) is -0.800. The number of hydrogen-bond acceptors (Lipinski definition) is 6. The number of ether oxygens (including phenoxy) is 1. The number of nitrogens with two attached hydrogens (primary N) is 1. The maximum atomic E-state index is 12.9. The van der Waals surface area contributed by atoms with Gasteiger partial charge in [-0.05, 0) is 30.0 Å². The summed E-state index contributed by atoms with van der Waals surface area (Å²) in [7, 11) is 1.72. The van der Waals surface area contributed by atoms with Crippen LogP contribution < -0.4 is 11.1 Å². The fraction of sp³-hybridized carbons (Fsp3) is 0.550. The Morgan fingerprint density at radius 2 is 2.11 bits per heavy atom. The van der Waals surface area contributed by atoms with E-state index in [1.54, 1.807) is 12.0 Å². The van der Waals surface area contributed by atoms with Crippen LogP contribution in [-0.2, 0) is 27.4 Å². The molecule has 1 unspecified atom stereocenters. The molecule has 8 heteroatoms. The van der Waals surface area contributed by atoms with Gasteiger partial charge in [-0.1, -0.05) is 12.1 Å². The highest BCUT2D eigenvalue weighted by Crippen LogP contribution is 2.29. The van der Waals surface area contributed by atoms with Crippen LogP contribution >= 0.6 is 0 Å². The quantitative estimate of drug-likeness (QED) is 0.690. The summed E-state index contributed by atoms with van der Waals surface area (Å²) in [5, 5.41) is 2.33. The maximum absolute atomic E-state index is 12.9. The van der Waals surface area contributed by atoms with Crippen LogP contribution in [0.3, 0.4) is 0 Å². The zero-order valence-corrected chi connectivity index (χ0v) is 16.0. The lowest BCUT2D eigenvalue weighted by Gasteiger charge is -2.29. The Kier molecular flexibility index (Phi) is 5.18. The van der Waals surface area contributed by atoms with E-state index in [9.17, 15) is 14.4 Å². The molecule has 1 aromatic rings. The number of imide groups is 1. The van der Waals surface area contributed by atoms with Crippen LogP contribution in [0, 0.1) is 0 Å². The molecule has 0 radical (unpaired) electrons. The number of carbonyl (C=O) groups excluding carboxylic acids is 3. The first-order valence-electron chi connectivity index (χ1n) is 9.73. The molecular weight excluding hydrogens is 360 g/mol. The van der Waals surface area contributed by atoms with Gasteiger partial charge in [-0.25, -0.2) is 0 Å². The fourth-order valence-corrected chi connectivity index (χ4v) is 4.48. The average Bonchev–Trinajstić information content (AvgIpc) is 3.23. The molecule has 0 aliphatic carbocycles. The van der Waals surface area contributed by atoms with E-state index in [1.807, 2.05) is 18.2 Å². The number of amides is 3. The third-order valence-electron chi connectivity index (χ3n) is 6.07. The molecular formula is C20H26N4O4. The molecule has 150 valence electrons. The van der Waals surface area contributed by atoms with Crippen molar-refractivity contribution in [1.29, 1.82) is 0 Å². The van der Waals surface area contributed by atoms with Crippen molar-refractivity contribution in [3.8, 4) is 0 Å².